The third kappa shape index (κ3) is 4.35. The second kappa shape index (κ2) is 9.38. The summed E-state index contributed by atoms with van der Waals surface area (Å²) in [6.45, 7) is 12.0. The number of aromatic hydroxyl groups is 1. The van der Waals surface area contributed by atoms with Crippen molar-refractivity contribution >= 4 is 16.7 Å². The summed E-state index contributed by atoms with van der Waals surface area (Å²) >= 11 is 0. The maximum atomic E-state index is 10.4. The first kappa shape index (κ1) is 22.3. The molecule has 3 aromatic rings. The number of phenols is 1. The van der Waals surface area contributed by atoms with Crippen molar-refractivity contribution in [2.24, 2.45) is 0 Å². The molecule has 0 amide bonds. The van der Waals surface area contributed by atoms with Gasteiger partial charge in [-0.05, 0) is 80.5 Å². The van der Waals surface area contributed by atoms with Crippen LogP contribution in [0.5, 0.6) is 5.75 Å². The zero-order chi connectivity index (χ0) is 22.9. The van der Waals surface area contributed by atoms with Crippen LogP contribution in [-0.4, -0.2) is 52.3 Å². The Hall–Kier alpha value is -2.53. The normalized spacial score (nSPS) is 18.9. The van der Waals surface area contributed by atoms with Crippen LogP contribution in [0.15, 0.2) is 30.5 Å². The number of aromatic nitrogens is 2. The predicted molar refractivity (Wildman–Crippen MR) is 137 cm³/mol. The van der Waals surface area contributed by atoms with Crippen LogP contribution >= 0.6 is 0 Å². The Kier molecular flexibility index (Phi) is 6.33. The van der Waals surface area contributed by atoms with Gasteiger partial charge in [0.15, 0.2) is 0 Å². The van der Waals surface area contributed by atoms with Crippen LogP contribution < -0.4 is 4.90 Å². The van der Waals surface area contributed by atoms with E-state index in [0.717, 1.165) is 51.4 Å². The van der Waals surface area contributed by atoms with E-state index in [9.17, 15) is 5.11 Å². The van der Waals surface area contributed by atoms with Gasteiger partial charge < -0.3 is 14.6 Å². The van der Waals surface area contributed by atoms with E-state index in [1.807, 2.05) is 18.3 Å². The number of nitrogens with zero attached hydrogens (tertiary/aromatic N) is 4. The molecule has 4 heterocycles. The first-order valence-corrected chi connectivity index (χ1v) is 12.8. The molecule has 1 atom stereocenters. The Morgan fingerprint density at radius 2 is 1.91 bits per heavy atom. The maximum absolute atomic E-state index is 10.4. The van der Waals surface area contributed by atoms with Gasteiger partial charge in [-0.15, -0.1) is 0 Å². The average Bonchev–Trinajstić information content (AvgIpc) is 3.10. The van der Waals surface area contributed by atoms with Gasteiger partial charge in [0.05, 0.1) is 5.52 Å². The Labute approximate surface area is 198 Å². The van der Waals surface area contributed by atoms with E-state index in [4.69, 9.17) is 0 Å². The van der Waals surface area contributed by atoms with E-state index in [-0.39, 0.29) is 0 Å². The van der Waals surface area contributed by atoms with Gasteiger partial charge in [-0.25, -0.2) is 4.98 Å². The quantitative estimate of drug-likeness (QED) is 0.528. The first-order chi connectivity index (χ1) is 16.0. The lowest BCUT2D eigenvalue weighted by molar-refractivity contribution is 0.260. The molecule has 0 radical (unpaired) electrons. The first-order valence-electron chi connectivity index (χ1n) is 12.8. The van der Waals surface area contributed by atoms with Gasteiger partial charge in [0.1, 0.15) is 11.6 Å². The lowest BCUT2D eigenvalue weighted by Crippen LogP contribution is -2.47. The van der Waals surface area contributed by atoms with Crippen LogP contribution in [0.1, 0.15) is 61.0 Å². The van der Waals surface area contributed by atoms with Crippen molar-refractivity contribution in [1.82, 2.24) is 14.5 Å². The lowest BCUT2D eigenvalue weighted by atomic mass is 9.95. The van der Waals surface area contributed by atoms with Crippen molar-refractivity contribution in [1.29, 1.82) is 0 Å². The SMILES string of the molecule is CCCCC1CCc2cc(O)cc3c(CCN4CCN(c5cc(C)ccn5)CC4)c(C)n1c23. The fourth-order valence-corrected chi connectivity index (χ4v) is 5.99. The van der Waals surface area contributed by atoms with Crippen molar-refractivity contribution < 1.29 is 5.11 Å². The van der Waals surface area contributed by atoms with E-state index < -0.39 is 0 Å². The van der Waals surface area contributed by atoms with E-state index in [2.05, 4.69) is 52.3 Å². The number of hydrogen-bond donors (Lipinski definition) is 1. The highest BCUT2D eigenvalue weighted by molar-refractivity contribution is 5.90. The van der Waals surface area contributed by atoms with Crippen molar-refractivity contribution in [3.05, 3.63) is 52.8 Å². The molecule has 0 aliphatic carbocycles. The van der Waals surface area contributed by atoms with Gasteiger partial charge >= 0.3 is 0 Å². The minimum atomic E-state index is 0.419. The molecule has 1 fully saturated rings. The van der Waals surface area contributed by atoms with E-state index >= 15 is 0 Å². The molecule has 0 spiro atoms. The van der Waals surface area contributed by atoms with Gasteiger partial charge in [0, 0.05) is 56.0 Å². The molecule has 5 heteroatoms. The van der Waals surface area contributed by atoms with Gasteiger partial charge in [-0.2, -0.15) is 0 Å². The number of pyridine rings is 1. The number of benzene rings is 1. The molecule has 2 aliphatic rings. The van der Waals surface area contributed by atoms with Gasteiger partial charge in [-0.1, -0.05) is 19.8 Å². The summed E-state index contributed by atoms with van der Waals surface area (Å²) in [4.78, 5) is 9.57. The molecule has 0 bridgehead atoms. The second-order valence-corrected chi connectivity index (χ2v) is 10.0. The fourth-order valence-electron chi connectivity index (χ4n) is 5.99. The number of piperazine rings is 1. The lowest BCUT2D eigenvalue weighted by Gasteiger charge is -2.35. The standard InChI is InChI=1S/C28H38N4O/c1-4-5-6-23-8-7-22-18-24(33)19-26-25(21(3)32(23)28(22)26)10-12-30-13-15-31(16-14-30)27-17-20(2)9-11-29-27/h9,11,17-19,23,33H,4-8,10,12-16H2,1-3H3. The molecule has 0 saturated carbocycles. The molecule has 176 valence electrons. The summed E-state index contributed by atoms with van der Waals surface area (Å²) in [5.41, 5.74) is 6.84. The monoisotopic (exact) mass is 446 g/mol. The van der Waals surface area contributed by atoms with E-state index in [1.54, 1.807) is 0 Å². The molecule has 33 heavy (non-hydrogen) atoms. The smallest absolute Gasteiger partial charge is 0.128 e. The molecular formula is C28H38N4O. The third-order valence-corrected chi connectivity index (χ3v) is 7.82. The third-order valence-electron chi connectivity index (χ3n) is 7.82. The molecule has 1 aromatic carbocycles. The zero-order valence-corrected chi connectivity index (χ0v) is 20.5. The van der Waals surface area contributed by atoms with Crippen LogP contribution in [0.3, 0.4) is 0 Å². The highest BCUT2D eigenvalue weighted by atomic mass is 16.3. The molecular weight excluding hydrogens is 408 g/mol. The molecule has 5 rings (SSSR count). The topological polar surface area (TPSA) is 44.5 Å². The van der Waals surface area contributed by atoms with Crippen LogP contribution in [0.4, 0.5) is 5.82 Å². The van der Waals surface area contributed by atoms with Gasteiger partial charge in [0.2, 0.25) is 0 Å². The fraction of sp³-hybridized carbons (Fsp3) is 0.536. The maximum Gasteiger partial charge on any atom is 0.128 e. The summed E-state index contributed by atoms with van der Waals surface area (Å²) in [5.74, 6) is 1.52. The second-order valence-electron chi connectivity index (χ2n) is 10.0. The predicted octanol–water partition coefficient (Wildman–Crippen LogP) is 5.40. The average molecular weight is 447 g/mol. The Morgan fingerprint density at radius 3 is 2.67 bits per heavy atom. The molecule has 2 aromatic heterocycles. The number of rotatable bonds is 7. The van der Waals surface area contributed by atoms with Crippen molar-refractivity contribution in [2.75, 3.05) is 37.6 Å². The van der Waals surface area contributed by atoms with Crippen molar-refractivity contribution in [2.45, 2.75) is 65.3 Å². The molecule has 2 aliphatic heterocycles. The summed E-state index contributed by atoms with van der Waals surface area (Å²) in [6.07, 6.45) is 9.02. The van der Waals surface area contributed by atoms with Gasteiger partial charge in [-0.3, -0.25) is 4.90 Å². The number of phenolic OH excluding ortho intramolecular Hbond substituents is 1. The summed E-state index contributed by atoms with van der Waals surface area (Å²) in [5, 5.41) is 11.7. The minimum Gasteiger partial charge on any atom is -0.508 e. The Morgan fingerprint density at radius 1 is 1.09 bits per heavy atom. The van der Waals surface area contributed by atoms with Gasteiger partial charge in [0.25, 0.3) is 0 Å². The summed E-state index contributed by atoms with van der Waals surface area (Å²) < 4.78 is 2.62. The minimum absolute atomic E-state index is 0.419. The molecule has 5 nitrogen and oxygen atoms in total. The summed E-state index contributed by atoms with van der Waals surface area (Å²) in [6, 6.07) is 8.86. The highest BCUT2D eigenvalue weighted by Crippen LogP contribution is 2.41. The van der Waals surface area contributed by atoms with E-state index in [0.29, 0.717) is 11.8 Å². The van der Waals surface area contributed by atoms with Crippen molar-refractivity contribution in [3.8, 4) is 5.75 Å². The number of hydrogen-bond acceptors (Lipinski definition) is 4. The Balaban J connectivity index is 1.32. The molecule has 1 unspecified atom stereocenters. The largest absolute Gasteiger partial charge is 0.508 e. The van der Waals surface area contributed by atoms with E-state index in [1.165, 1.54) is 59.0 Å². The van der Waals surface area contributed by atoms with Crippen LogP contribution in [-0.2, 0) is 12.8 Å². The van der Waals surface area contributed by atoms with Crippen molar-refractivity contribution in [3.63, 3.8) is 0 Å². The Bertz CT molecular complexity index is 1130. The summed E-state index contributed by atoms with van der Waals surface area (Å²) in [7, 11) is 0. The zero-order valence-electron chi connectivity index (χ0n) is 20.5. The number of anilines is 1. The number of aryl methyl sites for hydroxylation is 2. The van der Waals surface area contributed by atoms with Crippen LogP contribution in [0, 0.1) is 13.8 Å². The van der Waals surface area contributed by atoms with Crippen LogP contribution in [0.25, 0.3) is 10.9 Å². The molecule has 1 N–H and O–H groups in total. The molecule has 1 saturated heterocycles. The highest BCUT2D eigenvalue weighted by Gasteiger charge is 2.27. The van der Waals surface area contributed by atoms with Crippen LogP contribution in [0.2, 0.25) is 0 Å². The number of unbranched alkanes of at least 4 members (excludes halogenated alkanes) is 1.